The van der Waals surface area contributed by atoms with Crippen molar-refractivity contribution in [2.24, 2.45) is 4.99 Å². The number of carbonyl (C=O) groups is 2. The number of halogens is 1. The first-order chi connectivity index (χ1) is 20.5. The van der Waals surface area contributed by atoms with Gasteiger partial charge < -0.3 is 24.6 Å². The van der Waals surface area contributed by atoms with Crippen LogP contribution in [0.1, 0.15) is 44.3 Å². The first kappa shape index (κ1) is 28.7. The molecule has 224 valence electrons. The summed E-state index contributed by atoms with van der Waals surface area (Å²) in [5.74, 6) is -0.839. The number of amidine groups is 1. The van der Waals surface area contributed by atoms with E-state index in [2.05, 4.69) is 30.0 Å². The van der Waals surface area contributed by atoms with Crippen molar-refractivity contribution < 1.29 is 24.8 Å². The molecule has 0 bridgehead atoms. The lowest BCUT2D eigenvalue weighted by Crippen LogP contribution is -2.53. The third kappa shape index (κ3) is 6.18. The van der Waals surface area contributed by atoms with Crippen LogP contribution in [0.5, 0.6) is 0 Å². The highest BCUT2D eigenvalue weighted by Crippen LogP contribution is 2.36. The van der Waals surface area contributed by atoms with Gasteiger partial charge in [-0.1, -0.05) is 12.1 Å². The van der Waals surface area contributed by atoms with Gasteiger partial charge in [0.25, 0.3) is 6.47 Å². The van der Waals surface area contributed by atoms with Gasteiger partial charge in [0, 0.05) is 50.0 Å². The van der Waals surface area contributed by atoms with Crippen molar-refractivity contribution in [1.29, 1.82) is 0 Å². The summed E-state index contributed by atoms with van der Waals surface area (Å²) in [4.78, 5) is 40.1. The van der Waals surface area contributed by atoms with Crippen LogP contribution in [0.2, 0.25) is 0 Å². The van der Waals surface area contributed by atoms with E-state index in [1.807, 2.05) is 13.8 Å². The Morgan fingerprint density at radius 2 is 2.17 bits per heavy atom. The van der Waals surface area contributed by atoms with E-state index < -0.39 is 23.4 Å². The molecular weight excluding hydrogens is 579 g/mol. The van der Waals surface area contributed by atoms with Crippen LogP contribution in [0.15, 0.2) is 46.0 Å². The van der Waals surface area contributed by atoms with Crippen molar-refractivity contribution in [3.8, 4) is 0 Å². The van der Waals surface area contributed by atoms with Crippen LogP contribution in [0.3, 0.4) is 0 Å². The maximum Gasteiger partial charge on any atom is 0.338 e. The molecule has 1 N–H and O–H groups in total. The molecule has 0 radical (unpaired) electrons. The minimum absolute atomic E-state index is 0.0158. The summed E-state index contributed by atoms with van der Waals surface area (Å²) < 4.78 is 35.2. The Labute approximate surface area is 255 Å². The summed E-state index contributed by atoms with van der Waals surface area (Å²) in [6, 6.07) is 2.58. The number of thiocarbonyl (C=S) groups is 1. The van der Waals surface area contributed by atoms with Crippen LogP contribution in [0.4, 0.5) is 4.39 Å². The van der Waals surface area contributed by atoms with Gasteiger partial charge in [0.1, 0.15) is 17.4 Å². The number of esters is 1. The van der Waals surface area contributed by atoms with Crippen LogP contribution in [-0.2, 0) is 19.1 Å². The second-order valence-electron chi connectivity index (χ2n) is 11.0. The van der Waals surface area contributed by atoms with Gasteiger partial charge in [-0.05, 0) is 57.1 Å². The standard InChI is InChI=1S/C29H35FN6O4S2/c1-5-39-27(38)23-22(15-34-10-11-36-19(13-34)14-35(28(36)41)16-29(3,4)40-17-37)32-25(26-31-9-12-42-26)33-24(23)20-7-6-8-21(30)18(20)2/h6-9,12,17,19,24H,5,10-11,13-16H2,1-4H3,(H,32,33)/i24D. The molecule has 0 aliphatic carbocycles. The number of piperazine rings is 1. The van der Waals surface area contributed by atoms with Crippen molar-refractivity contribution in [3.63, 3.8) is 0 Å². The topological polar surface area (TPSA) is 99.6 Å². The Morgan fingerprint density at radius 3 is 2.88 bits per heavy atom. The van der Waals surface area contributed by atoms with Gasteiger partial charge in [-0.25, -0.2) is 14.2 Å². The maximum absolute atomic E-state index is 14.8. The van der Waals surface area contributed by atoms with E-state index in [1.165, 1.54) is 23.5 Å². The number of benzene rings is 1. The lowest BCUT2D eigenvalue weighted by Gasteiger charge is -2.39. The molecule has 2 saturated heterocycles. The van der Waals surface area contributed by atoms with E-state index in [1.54, 1.807) is 31.5 Å². The molecule has 2 aromatic rings. The fourth-order valence-corrected chi connectivity index (χ4v) is 6.51. The van der Waals surface area contributed by atoms with Gasteiger partial charge in [0.05, 0.1) is 26.1 Å². The Morgan fingerprint density at radius 1 is 1.36 bits per heavy atom. The van der Waals surface area contributed by atoms with Crippen molar-refractivity contribution >= 4 is 46.9 Å². The number of nitrogens with one attached hydrogen (secondary N) is 1. The number of ether oxygens (including phenoxy) is 2. The zero-order valence-electron chi connectivity index (χ0n) is 25.1. The van der Waals surface area contributed by atoms with Crippen molar-refractivity contribution in [2.75, 3.05) is 45.9 Å². The van der Waals surface area contributed by atoms with E-state index in [9.17, 15) is 15.4 Å². The monoisotopic (exact) mass is 615 g/mol. The highest BCUT2D eigenvalue weighted by Gasteiger charge is 2.41. The quantitative estimate of drug-likeness (QED) is 0.244. The molecule has 42 heavy (non-hydrogen) atoms. The fourth-order valence-electron chi connectivity index (χ4n) is 5.55. The molecule has 1 aromatic carbocycles. The SMILES string of the molecule is [2H]C1(c2cccc(F)c2C)N=C(c2nccs2)NC(CN2CCN3C(=S)N(CC(C)(C)OC=O)CC3C2)=C1C(=O)OCC. The van der Waals surface area contributed by atoms with Gasteiger partial charge in [-0.2, -0.15) is 0 Å². The average molecular weight is 616 g/mol. The van der Waals surface area contributed by atoms with Crippen LogP contribution >= 0.6 is 23.6 Å². The average Bonchev–Trinajstić information content (AvgIpc) is 3.58. The predicted molar refractivity (Wildman–Crippen MR) is 162 cm³/mol. The van der Waals surface area contributed by atoms with E-state index in [-0.39, 0.29) is 29.3 Å². The summed E-state index contributed by atoms with van der Waals surface area (Å²) >= 11 is 7.12. The largest absolute Gasteiger partial charge is 0.463 e. The molecule has 0 saturated carbocycles. The van der Waals surface area contributed by atoms with E-state index in [0.717, 1.165) is 5.11 Å². The molecule has 0 spiro atoms. The minimum atomic E-state index is -1.97. The van der Waals surface area contributed by atoms with E-state index in [4.69, 9.17) is 21.7 Å². The van der Waals surface area contributed by atoms with Crippen molar-refractivity contribution in [1.82, 2.24) is 25.0 Å². The van der Waals surface area contributed by atoms with Gasteiger partial charge in [0.15, 0.2) is 16.0 Å². The molecule has 4 heterocycles. The minimum Gasteiger partial charge on any atom is -0.463 e. The lowest BCUT2D eigenvalue weighted by molar-refractivity contribution is -0.141. The number of hydrogen-bond acceptors (Lipinski definition) is 10. The van der Waals surface area contributed by atoms with Crippen LogP contribution in [-0.4, -0.2) is 101 Å². The molecule has 0 amide bonds. The van der Waals surface area contributed by atoms with Crippen LogP contribution in [0.25, 0.3) is 0 Å². The first-order valence-corrected chi connectivity index (χ1v) is 15.1. The Bertz CT molecular complexity index is 1470. The second-order valence-corrected chi connectivity index (χ2v) is 12.2. The summed E-state index contributed by atoms with van der Waals surface area (Å²) in [5, 5.41) is 6.37. The number of nitrogens with zero attached hydrogens (tertiary/aromatic N) is 5. The molecule has 3 aliphatic rings. The van der Waals surface area contributed by atoms with Crippen LogP contribution < -0.4 is 5.32 Å². The van der Waals surface area contributed by atoms with E-state index >= 15 is 0 Å². The molecule has 3 aliphatic heterocycles. The van der Waals surface area contributed by atoms with Gasteiger partial charge in [0.2, 0.25) is 0 Å². The second kappa shape index (κ2) is 12.4. The smallest absolute Gasteiger partial charge is 0.338 e. The molecule has 2 fully saturated rings. The van der Waals surface area contributed by atoms with Gasteiger partial charge in [-0.3, -0.25) is 14.7 Å². The number of hydrogen-bond donors (Lipinski definition) is 1. The number of rotatable bonds is 10. The lowest BCUT2D eigenvalue weighted by atomic mass is 9.92. The number of fused-ring (bicyclic) bond motifs is 1. The molecule has 13 heteroatoms. The molecule has 5 rings (SSSR count). The van der Waals surface area contributed by atoms with Gasteiger partial charge >= 0.3 is 5.97 Å². The summed E-state index contributed by atoms with van der Waals surface area (Å²) in [7, 11) is 0. The zero-order chi connectivity index (χ0) is 30.9. The highest BCUT2D eigenvalue weighted by atomic mass is 32.1. The Balaban J connectivity index is 1.49. The Kier molecular flexibility index (Phi) is 8.50. The fraction of sp³-hybridized carbons (Fsp3) is 0.483. The third-order valence-electron chi connectivity index (χ3n) is 7.50. The highest BCUT2D eigenvalue weighted by molar-refractivity contribution is 7.80. The number of thiazole rings is 1. The molecule has 10 nitrogen and oxygen atoms in total. The maximum atomic E-state index is 14.8. The normalized spacial score (nSPS) is 23.3. The van der Waals surface area contributed by atoms with Crippen molar-refractivity contribution in [2.45, 2.75) is 45.4 Å². The van der Waals surface area contributed by atoms with Crippen molar-refractivity contribution in [3.05, 3.63) is 63.0 Å². The third-order valence-corrected chi connectivity index (χ3v) is 8.78. The zero-order valence-corrected chi connectivity index (χ0v) is 25.7. The first-order valence-electron chi connectivity index (χ1n) is 14.3. The number of carbonyl (C=O) groups excluding carboxylic acids is 2. The molecule has 1 aromatic heterocycles. The summed E-state index contributed by atoms with van der Waals surface area (Å²) in [6.45, 7) is 10.9. The van der Waals surface area contributed by atoms with E-state index in [0.29, 0.717) is 62.3 Å². The summed E-state index contributed by atoms with van der Waals surface area (Å²) in [6.07, 6.45) is 1.64. The Hall–Kier alpha value is -3.42. The number of aromatic nitrogens is 1. The van der Waals surface area contributed by atoms with Gasteiger partial charge in [-0.15, -0.1) is 11.3 Å². The predicted octanol–water partition coefficient (Wildman–Crippen LogP) is 3.04. The number of aliphatic imine (C=N–C) groups is 1. The summed E-state index contributed by atoms with van der Waals surface area (Å²) in [5.41, 5.74) is 0.275. The molecular formula is C29H35FN6O4S2. The molecule has 2 atom stereocenters. The van der Waals surface area contributed by atoms with Crippen LogP contribution in [0, 0.1) is 12.7 Å². The molecule has 2 unspecified atom stereocenters.